The molecule has 1 fully saturated rings. The van der Waals surface area contributed by atoms with Crippen LogP contribution >= 0.6 is 11.8 Å². The Balaban J connectivity index is 1.19. The van der Waals surface area contributed by atoms with Gasteiger partial charge in [0.15, 0.2) is 0 Å². The van der Waals surface area contributed by atoms with Gasteiger partial charge in [0.25, 0.3) is 5.91 Å². The fraction of sp³-hybridized carbons (Fsp3) is 0.360. The molecule has 4 N–H and O–H groups in total. The first-order chi connectivity index (χ1) is 16.9. The van der Waals surface area contributed by atoms with Crippen LogP contribution in [-0.2, 0) is 16.1 Å². The van der Waals surface area contributed by atoms with E-state index in [0.717, 1.165) is 16.0 Å². The average Bonchev–Trinajstić information content (AvgIpc) is 2.87. The summed E-state index contributed by atoms with van der Waals surface area (Å²) in [5.41, 5.74) is -0.0417. The van der Waals surface area contributed by atoms with E-state index in [0.29, 0.717) is 60.8 Å². The predicted octanol–water partition coefficient (Wildman–Crippen LogP) is 3.08. The molecule has 0 spiro atoms. The number of ether oxygens (including phenoxy) is 1. The summed E-state index contributed by atoms with van der Waals surface area (Å²) >= 11 is 1.49. The lowest BCUT2D eigenvalue weighted by atomic mass is 9.81. The quantitative estimate of drug-likeness (QED) is 0.413. The summed E-state index contributed by atoms with van der Waals surface area (Å²) < 4.78 is 5.37. The van der Waals surface area contributed by atoms with Gasteiger partial charge in [0.1, 0.15) is 11.4 Å². The van der Waals surface area contributed by atoms with Crippen molar-refractivity contribution in [2.24, 2.45) is 0 Å². The van der Waals surface area contributed by atoms with Crippen LogP contribution in [0.3, 0.4) is 0 Å². The van der Waals surface area contributed by atoms with Crippen LogP contribution < -0.4 is 20.7 Å². The van der Waals surface area contributed by atoms with E-state index in [1.807, 2.05) is 30.3 Å². The van der Waals surface area contributed by atoms with Gasteiger partial charge in [-0.2, -0.15) is 0 Å². The number of nitrogens with zero attached hydrogens (tertiary/aromatic N) is 2. The minimum Gasteiger partial charge on any atom is -0.480 e. The second-order valence-corrected chi connectivity index (χ2v) is 9.87. The first-order valence-electron chi connectivity index (χ1n) is 11.6. The summed E-state index contributed by atoms with van der Waals surface area (Å²) in [5, 5.41) is 21.9. The van der Waals surface area contributed by atoms with Crippen LogP contribution in [0.25, 0.3) is 10.8 Å². The van der Waals surface area contributed by atoms with Crippen LogP contribution in [-0.4, -0.2) is 51.4 Å². The largest absolute Gasteiger partial charge is 0.480 e. The third-order valence-corrected chi connectivity index (χ3v) is 7.58. The number of methoxy groups -OCH3 is 1. The molecule has 1 aliphatic carbocycles. The molecule has 2 aromatic heterocycles. The maximum atomic E-state index is 13.1. The smallest absolute Gasteiger partial charge is 0.256 e. The average molecular weight is 494 g/mol. The zero-order chi connectivity index (χ0) is 24.4. The van der Waals surface area contributed by atoms with Crippen molar-refractivity contribution in [2.75, 3.05) is 23.5 Å². The maximum absolute atomic E-state index is 13.1. The van der Waals surface area contributed by atoms with E-state index < -0.39 is 11.5 Å². The number of hydrogen-bond donors (Lipinski definition) is 4. The second-order valence-electron chi connectivity index (χ2n) is 8.85. The number of thioether (sulfide) groups is 1. The Bertz CT molecular complexity index is 1270. The zero-order valence-electron chi connectivity index (χ0n) is 19.3. The molecular weight excluding hydrogens is 466 g/mol. The minimum atomic E-state index is -1.44. The van der Waals surface area contributed by atoms with Gasteiger partial charge in [-0.1, -0.05) is 12.1 Å². The lowest BCUT2D eigenvalue weighted by Gasteiger charge is -2.35. The number of carbonyl (C=O) groups is 2. The number of amides is 2. The normalized spacial score (nSPS) is 21.8. The van der Waals surface area contributed by atoms with Crippen LogP contribution in [0.15, 0.2) is 47.5 Å². The molecule has 35 heavy (non-hydrogen) atoms. The molecule has 2 aliphatic rings. The molecule has 10 heteroatoms. The number of rotatable bonds is 6. The van der Waals surface area contributed by atoms with Gasteiger partial charge in [-0.15, -0.1) is 11.8 Å². The summed E-state index contributed by atoms with van der Waals surface area (Å²) in [6, 6.07) is 11.5. The molecule has 1 aliphatic heterocycles. The molecule has 1 saturated carbocycles. The van der Waals surface area contributed by atoms with Crippen molar-refractivity contribution in [1.29, 1.82) is 0 Å². The Kier molecular flexibility index (Phi) is 6.59. The lowest BCUT2D eigenvalue weighted by molar-refractivity contribution is -0.137. The summed E-state index contributed by atoms with van der Waals surface area (Å²) in [5.74, 6) is 0.991. The SMILES string of the molecule is COc1nccc2cccc(NC(=O)C3(O)CCC(NCc4ccc5c(n4)NC(=O)CS5)CC3)c12. The van der Waals surface area contributed by atoms with Gasteiger partial charge in [-0.3, -0.25) is 9.59 Å². The highest BCUT2D eigenvalue weighted by atomic mass is 32.2. The Morgan fingerprint density at radius 2 is 2.09 bits per heavy atom. The number of anilines is 2. The number of fused-ring (bicyclic) bond motifs is 2. The van der Waals surface area contributed by atoms with E-state index >= 15 is 0 Å². The van der Waals surface area contributed by atoms with E-state index in [9.17, 15) is 14.7 Å². The minimum absolute atomic E-state index is 0.0387. The highest BCUT2D eigenvalue weighted by molar-refractivity contribution is 8.00. The molecule has 3 aromatic rings. The van der Waals surface area contributed by atoms with Gasteiger partial charge in [-0.25, -0.2) is 9.97 Å². The molecular formula is C25H27N5O4S. The fourth-order valence-electron chi connectivity index (χ4n) is 4.57. The van der Waals surface area contributed by atoms with Crippen molar-refractivity contribution in [3.63, 3.8) is 0 Å². The monoisotopic (exact) mass is 493 g/mol. The van der Waals surface area contributed by atoms with E-state index in [-0.39, 0.29) is 11.9 Å². The van der Waals surface area contributed by atoms with Crippen LogP contribution in [0.5, 0.6) is 5.88 Å². The predicted molar refractivity (Wildman–Crippen MR) is 135 cm³/mol. The number of hydrogen-bond acceptors (Lipinski definition) is 8. The maximum Gasteiger partial charge on any atom is 0.256 e. The Hall–Kier alpha value is -3.21. The Morgan fingerprint density at radius 3 is 2.89 bits per heavy atom. The Morgan fingerprint density at radius 1 is 1.26 bits per heavy atom. The second kappa shape index (κ2) is 9.80. The third kappa shape index (κ3) is 4.95. The van der Waals surface area contributed by atoms with Gasteiger partial charge < -0.3 is 25.8 Å². The highest BCUT2D eigenvalue weighted by Crippen LogP contribution is 2.34. The standard InChI is InChI=1S/C25H27N5O4S/c1-34-23-21-15(9-12-26-23)3-2-4-18(21)29-24(32)25(33)10-7-16(8-11-25)27-13-17-5-6-19-22(28-17)30-20(31)14-35-19/h2-6,9,12,16,27,33H,7-8,10-11,13-14H2,1H3,(H,29,32)(H,28,30,31). The summed E-state index contributed by atoms with van der Waals surface area (Å²) in [7, 11) is 1.54. The molecule has 182 valence electrons. The summed E-state index contributed by atoms with van der Waals surface area (Å²) in [6.45, 7) is 0.548. The van der Waals surface area contributed by atoms with Crippen LogP contribution in [0.2, 0.25) is 0 Å². The van der Waals surface area contributed by atoms with Crippen LogP contribution in [0.4, 0.5) is 11.5 Å². The van der Waals surface area contributed by atoms with Crippen molar-refractivity contribution in [3.05, 3.63) is 48.3 Å². The van der Waals surface area contributed by atoms with Crippen molar-refractivity contribution < 1.29 is 19.4 Å². The van der Waals surface area contributed by atoms with Gasteiger partial charge in [-0.05, 0) is 55.3 Å². The van der Waals surface area contributed by atoms with Crippen LogP contribution in [0, 0.1) is 0 Å². The lowest BCUT2D eigenvalue weighted by Crippen LogP contribution is -2.48. The number of nitrogens with one attached hydrogen (secondary N) is 3. The van der Waals surface area contributed by atoms with Gasteiger partial charge in [0.05, 0.1) is 34.5 Å². The summed E-state index contributed by atoms with van der Waals surface area (Å²) in [4.78, 5) is 34.5. The van der Waals surface area contributed by atoms with Crippen molar-refractivity contribution in [2.45, 2.75) is 48.8 Å². The Labute approximate surface area is 207 Å². The molecule has 0 unspecified atom stereocenters. The van der Waals surface area contributed by atoms with E-state index in [1.165, 1.54) is 18.9 Å². The molecule has 9 nitrogen and oxygen atoms in total. The summed E-state index contributed by atoms with van der Waals surface area (Å²) in [6.07, 6.45) is 3.66. The van der Waals surface area contributed by atoms with Gasteiger partial charge in [0, 0.05) is 18.8 Å². The van der Waals surface area contributed by atoms with Crippen LogP contribution in [0.1, 0.15) is 31.4 Å². The van der Waals surface area contributed by atoms with Gasteiger partial charge in [0.2, 0.25) is 11.8 Å². The topological polar surface area (TPSA) is 125 Å². The third-order valence-electron chi connectivity index (χ3n) is 6.54. The van der Waals surface area contributed by atoms with Crippen molar-refractivity contribution in [1.82, 2.24) is 15.3 Å². The fourth-order valence-corrected chi connectivity index (χ4v) is 5.33. The molecule has 1 aromatic carbocycles. The van der Waals surface area contributed by atoms with Crippen molar-refractivity contribution >= 4 is 45.9 Å². The zero-order valence-corrected chi connectivity index (χ0v) is 20.2. The molecule has 0 atom stereocenters. The molecule has 0 bridgehead atoms. The van der Waals surface area contributed by atoms with E-state index in [1.54, 1.807) is 12.3 Å². The first kappa shape index (κ1) is 23.5. The number of benzene rings is 1. The molecule has 0 saturated heterocycles. The van der Waals surface area contributed by atoms with Crippen molar-refractivity contribution in [3.8, 4) is 5.88 Å². The van der Waals surface area contributed by atoms with Gasteiger partial charge >= 0.3 is 0 Å². The van der Waals surface area contributed by atoms with E-state index in [2.05, 4.69) is 25.9 Å². The molecule has 0 radical (unpaired) electrons. The highest BCUT2D eigenvalue weighted by Gasteiger charge is 2.40. The first-order valence-corrected chi connectivity index (χ1v) is 12.6. The molecule has 3 heterocycles. The van der Waals surface area contributed by atoms with E-state index in [4.69, 9.17) is 4.74 Å². The number of pyridine rings is 2. The molecule has 5 rings (SSSR count). The number of aliphatic hydroxyl groups is 1. The molecule has 2 amide bonds. The number of carbonyl (C=O) groups excluding carboxylic acids is 2. The number of aromatic nitrogens is 2.